The average Bonchev–Trinajstić information content (AvgIpc) is 2.80. The fraction of sp³-hybridized carbons (Fsp3) is 0.529. The van der Waals surface area contributed by atoms with Gasteiger partial charge in [-0.15, -0.1) is 0 Å². The summed E-state index contributed by atoms with van der Waals surface area (Å²) in [4.78, 5) is 25.6. The minimum absolute atomic E-state index is 0.0698. The third-order valence-electron chi connectivity index (χ3n) is 4.46. The first kappa shape index (κ1) is 16.5. The number of hydrogen-bond donors (Lipinski definition) is 1. The number of nitrogens with zero attached hydrogens (tertiary/aromatic N) is 1. The normalized spacial score (nSPS) is 21.4. The molecule has 2 atom stereocenters. The lowest BCUT2D eigenvalue weighted by Gasteiger charge is -2.29. The number of methoxy groups -OCH3 is 1. The van der Waals surface area contributed by atoms with Crippen LogP contribution in [-0.4, -0.2) is 42.1 Å². The quantitative estimate of drug-likeness (QED) is 0.819. The fourth-order valence-electron chi connectivity index (χ4n) is 3.13. The molecule has 2 rings (SSSR count). The number of carbonyl (C=O) groups is 2. The summed E-state index contributed by atoms with van der Waals surface area (Å²) < 4.78 is 5.04. The highest BCUT2D eigenvalue weighted by atomic mass is 16.5. The van der Waals surface area contributed by atoms with Crippen molar-refractivity contribution in [3.05, 3.63) is 34.9 Å². The minimum Gasteiger partial charge on any atom is -0.481 e. The molecule has 1 amide bonds. The van der Waals surface area contributed by atoms with E-state index in [1.54, 1.807) is 12.0 Å². The summed E-state index contributed by atoms with van der Waals surface area (Å²) in [6.45, 7) is 5.07. The summed E-state index contributed by atoms with van der Waals surface area (Å²) in [5.41, 5.74) is 3.11. The van der Waals surface area contributed by atoms with Crippen molar-refractivity contribution in [1.82, 2.24) is 4.90 Å². The zero-order valence-electron chi connectivity index (χ0n) is 13.3. The largest absolute Gasteiger partial charge is 0.481 e. The molecule has 0 aromatic heterocycles. The Morgan fingerprint density at radius 1 is 1.41 bits per heavy atom. The topological polar surface area (TPSA) is 66.8 Å². The highest BCUT2D eigenvalue weighted by molar-refractivity contribution is 5.87. The number of likely N-dealkylation sites (tertiary alicyclic amines) is 1. The van der Waals surface area contributed by atoms with E-state index in [4.69, 9.17) is 4.74 Å². The van der Waals surface area contributed by atoms with Gasteiger partial charge in [0.05, 0.1) is 12.0 Å². The smallest absolute Gasteiger partial charge is 0.309 e. The summed E-state index contributed by atoms with van der Waals surface area (Å²) >= 11 is 0. The Morgan fingerprint density at radius 2 is 2.14 bits per heavy atom. The standard InChI is InChI=1S/C17H23NO4/c1-11-6-4-7-13(12(11)2)16-14(17(20)21)10-15(19)18(16)8-5-9-22-3/h4,6-7,14,16H,5,8-10H2,1-3H3,(H,20,21)/t14-,16-/m0/s1. The van der Waals surface area contributed by atoms with E-state index in [1.807, 2.05) is 32.0 Å². The molecular weight excluding hydrogens is 282 g/mol. The number of carbonyl (C=O) groups excluding carboxylic acids is 1. The van der Waals surface area contributed by atoms with Gasteiger partial charge in [0.25, 0.3) is 0 Å². The molecular formula is C17H23NO4. The van der Waals surface area contributed by atoms with Gasteiger partial charge in [-0.25, -0.2) is 0 Å². The molecule has 5 heteroatoms. The van der Waals surface area contributed by atoms with E-state index >= 15 is 0 Å². The van der Waals surface area contributed by atoms with Crippen LogP contribution in [0.2, 0.25) is 0 Å². The maximum atomic E-state index is 12.3. The third-order valence-corrected chi connectivity index (χ3v) is 4.46. The lowest BCUT2D eigenvalue weighted by atomic mass is 9.89. The average molecular weight is 305 g/mol. The number of carboxylic acids is 1. The second kappa shape index (κ2) is 6.92. The van der Waals surface area contributed by atoms with Crippen LogP contribution in [0.5, 0.6) is 0 Å². The van der Waals surface area contributed by atoms with Gasteiger partial charge < -0.3 is 14.7 Å². The van der Waals surface area contributed by atoms with Crippen molar-refractivity contribution in [3.8, 4) is 0 Å². The van der Waals surface area contributed by atoms with Crippen molar-refractivity contribution in [2.24, 2.45) is 5.92 Å². The Balaban J connectivity index is 2.37. The molecule has 1 aliphatic rings. The van der Waals surface area contributed by atoms with Crippen molar-refractivity contribution in [2.75, 3.05) is 20.3 Å². The van der Waals surface area contributed by atoms with Crippen LogP contribution in [0, 0.1) is 19.8 Å². The van der Waals surface area contributed by atoms with Crippen LogP contribution in [0.15, 0.2) is 18.2 Å². The third kappa shape index (κ3) is 3.14. The van der Waals surface area contributed by atoms with Crippen LogP contribution in [0.25, 0.3) is 0 Å². The maximum Gasteiger partial charge on any atom is 0.309 e. The molecule has 1 N–H and O–H groups in total. The van der Waals surface area contributed by atoms with Gasteiger partial charge in [0.1, 0.15) is 0 Å². The van der Waals surface area contributed by atoms with Crippen molar-refractivity contribution < 1.29 is 19.4 Å². The molecule has 1 aromatic rings. The van der Waals surface area contributed by atoms with Gasteiger partial charge in [-0.2, -0.15) is 0 Å². The van der Waals surface area contributed by atoms with Crippen molar-refractivity contribution in [1.29, 1.82) is 0 Å². The highest BCUT2D eigenvalue weighted by Crippen LogP contribution is 2.40. The SMILES string of the molecule is COCCCN1C(=O)C[C@H](C(=O)O)[C@@H]1c1cccc(C)c1C. The summed E-state index contributed by atoms with van der Waals surface area (Å²) in [5.74, 6) is -1.68. The van der Waals surface area contributed by atoms with Gasteiger partial charge in [0.15, 0.2) is 0 Å². The van der Waals surface area contributed by atoms with Gasteiger partial charge >= 0.3 is 5.97 Å². The molecule has 0 bridgehead atoms. The molecule has 0 unspecified atom stereocenters. The summed E-state index contributed by atoms with van der Waals surface area (Å²) in [7, 11) is 1.62. The van der Waals surface area contributed by atoms with E-state index in [-0.39, 0.29) is 18.4 Å². The number of benzene rings is 1. The second-order valence-corrected chi connectivity index (χ2v) is 5.82. The Morgan fingerprint density at radius 3 is 2.77 bits per heavy atom. The van der Waals surface area contributed by atoms with E-state index < -0.39 is 11.9 Å². The second-order valence-electron chi connectivity index (χ2n) is 5.82. The highest BCUT2D eigenvalue weighted by Gasteiger charge is 2.44. The van der Waals surface area contributed by atoms with Crippen LogP contribution in [0.3, 0.4) is 0 Å². The van der Waals surface area contributed by atoms with Crippen molar-refractivity contribution >= 4 is 11.9 Å². The summed E-state index contributed by atoms with van der Waals surface area (Å²) in [6.07, 6.45) is 0.774. The van der Waals surface area contributed by atoms with Gasteiger partial charge in [-0.3, -0.25) is 9.59 Å². The Kier molecular flexibility index (Phi) is 5.19. The molecule has 1 aromatic carbocycles. The van der Waals surface area contributed by atoms with Crippen molar-refractivity contribution in [3.63, 3.8) is 0 Å². The minimum atomic E-state index is -0.909. The zero-order chi connectivity index (χ0) is 16.3. The number of amides is 1. The van der Waals surface area contributed by atoms with E-state index in [9.17, 15) is 14.7 Å². The molecule has 120 valence electrons. The predicted octanol–water partition coefficient (Wildman–Crippen LogP) is 2.31. The number of aryl methyl sites for hydroxylation is 1. The van der Waals surface area contributed by atoms with E-state index in [2.05, 4.69) is 0 Å². The molecule has 0 spiro atoms. The van der Waals surface area contributed by atoms with Gasteiger partial charge in [-0.05, 0) is 37.0 Å². The molecule has 1 aliphatic heterocycles. The van der Waals surface area contributed by atoms with Crippen LogP contribution in [-0.2, 0) is 14.3 Å². The summed E-state index contributed by atoms with van der Waals surface area (Å²) in [5, 5.41) is 9.51. The number of carboxylic acid groups (broad SMARTS) is 1. The Hall–Kier alpha value is -1.88. The Bertz CT molecular complexity index is 570. The number of ether oxygens (including phenoxy) is 1. The molecule has 1 saturated heterocycles. The number of rotatable bonds is 6. The monoisotopic (exact) mass is 305 g/mol. The first-order chi connectivity index (χ1) is 10.5. The summed E-state index contributed by atoms with van der Waals surface area (Å²) in [6, 6.07) is 5.47. The van der Waals surface area contributed by atoms with Crippen LogP contribution in [0.1, 0.15) is 35.6 Å². The molecule has 5 nitrogen and oxygen atoms in total. The van der Waals surface area contributed by atoms with Gasteiger partial charge in [0.2, 0.25) is 5.91 Å². The molecule has 0 saturated carbocycles. The lowest BCUT2D eigenvalue weighted by molar-refractivity contribution is -0.142. The first-order valence-corrected chi connectivity index (χ1v) is 7.54. The fourth-order valence-corrected chi connectivity index (χ4v) is 3.13. The number of aliphatic carboxylic acids is 1. The van der Waals surface area contributed by atoms with E-state index in [1.165, 1.54) is 0 Å². The van der Waals surface area contributed by atoms with Crippen molar-refractivity contribution in [2.45, 2.75) is 32.7 Å². The van der Waals surface area contributed by atoms with Crippen LogP contribution < -0.4 is 0 Å². The van der Waals surface area contributed by atoms with E-state index in [0.29, 0.717) is 19.6 Å². The maximum absolute atomic E-state index is 12.3. The van der Waals surface area contributed by atoms with Crippen LogP contribution >= 0.6 is 0 Å². The van der Waals surface area contributed by atoms with E-state index in [0.717, 1.165) is 16.7 Å². The van der Waals surface area contributed by atoms with Crippen LogP contribution in [0.4, 0.5) is 0 Å². The van der Waals surface area contributed by atoms with Gasteiger partial charge in [0, 0.05) is 26.7 Å². The first-order valence-electron chi connectivity index (χ1n) is 7.54. The Labute approximate surface area is 130 Å². The molecule has 22 heavy (non-hydrogen) atoms. The number of hydrogen-bond acceptors (Lipinski definition) is 3. The van der Waals surface area contributed by atoms with Gasteiger partial charge in [-0.1, -0.05) is 18.2 Å². The lowest BCUT2D eigenvalue weighted by Crippen LogP contribution is -2.32. The zero-order valence-corrected chi connectivity index (χ0v) is 13.3. The molecule has 0 radical (unpaired) electrons. The molecule has 1 fully saturated rings. The molecule has 0 aliphatic carbocycles. The predicted molar refractivity (Wildman–Crippen MR) is 82.6 cm³/mol. The molecule has 1 heterocycles.